The smallest absolute Gasteiger partial charge is 0.0716 e. The van der Waals surface area contributed by atoms with Crippen LogP contribution in [0.1, 0.15) is 43.7 Å². The van der Waals surface area contributed by atoms with Crippen LogP contribution >= 0.6 is 0 Å². The third kappa shape index (κ3) is 4.43. The van der Waals surface area contributed by atoms with E-state index in [0.717, 1.165) is 32.2 Å². The molecule has 2 nitrogen and oxygen atoms in total. The molecule has 0 aromatic heterocycles. The molecule has 1 aromatic carbocycles. The predicted molar refractivity (Wildman–Crippen MR) is 75.4 cm³/mol. The van der Waals surface area contributed by atoms with Gasteiger partial charge in [-0.2, -0.15) is 0 Å². The van der Waals surface area contributed by atoms with E-state index in [2.05, 4.69) is 36.5 Å². The third-order valence-electron chi connectivity index (χ3n) is 3.73. The van der Waals surface area contributed by atoms with Crippen molar-refractivity contribution in [3.63, 3.8) is 0 Å². The predicted octanol–water partition coefficient (Wildman–Crippen LogP) is 3.50. The van der Waals surface area contributed by atoms with Gasteiger partial charge in [0.1, 0.15) is 0 Å². The molecule has 1 fully saturated rings. The Morgan fingerprint density at radius 2 is 2.11 bits per heavy atom. The van der Waals surface area contributed by atoms with Crippen molar-refractivity contribution in [2.75, 3.05) is 13.2 Å². The number of ether oxygens (including phenoxy) is 1. The highest BCUT2D eigenvalue weighted by Crippen LogP contribution is 2.29. The molecule has 18 heavy (non-hydrogen) atoms. The van der Waals surface area contributed by atoms with Crippen LogP contribution in [0.25, 0.3) is 0 Å². The fourth-order valence-corrected chi connectivity index (χ4v) is 2.32. The first-order chi connectivity index (χ1) is 8.88. The molecule has 0 spiro atoms. The molecule has 0 bridgehead atoms. The lowest BCUT2D eigenvalue weighted by atomic mass is 9.83. The molecule has 0 heterocycles. The summed E-state index contributed by atoms with van der Waals surface area (Å²) in [5.41, 5.74) is 2.64. The fourth-order valence-electron chi connectivity index (χ4n) is 2.32. The van der Waals surface area contributed by atoms with Crippen LogP contribution in [-0.4, -0.2) is 13.2 Å². The molecule has 1 N–H and O–H groups in total. The van der Waals surface area contributed by atoms with Crippen molar-refractivity contribution in [3.05, 3.63) is 35.4 Å². The summed E-state index contributed by atoms with van der Waals surface area (Å²) >= 11 is 0. The minimum absolute atomic E-state index is 0.757. The van der Waals surface area contributed by atoms with Crippen LogP contribution in [0.4, 0.5) is 0 Å². The van der Waals surface area contributed by atoms with Gasteiger partial charge in [0, 0.05) is 13.2 Å². The van der Waals surface area contributed by atoms with Crippen molar-refractivity contribution < 1.29 is 4.74 Å². The maximum atomic E-state index is 5.77. The molecule has 0 radical (unpaired) electrons. The third-order valence-corrected chi connectivity index (χ3v) is 3.73. The van der Waals surface area contributed by atoms with E-state index in [0.29, 0.717) is 0 Å². The van der Waals surface area contributed by atoms with Crippen molar-refractivity contribution in [1.29, 1.82) is 0 Å². The van der Waals surface area contributed by atoms with E-state index in [1.54, 1.807) is 0 Å². The molecule has 100 valence electrons. The first kappa shape index (κ1) is 13.6. The van der Waals surface area contributed by atoms with Gasteiger partial charge in [-0.05, 0) is 30.0 Å². The Kier molecular flexibility index (Phi) is 5.69. The molecular weight excluding hydrogens is 222 g/mol. The van der Waals surface area contributed by atoms with Gasteiger partial charge in [-0.1, -0.05) is 50.5 Å². The monoisotopic (exact) mass is 247 g/mol. The highest BCUT2D eigenvalue weighted by molar-refractivity contribution is 5.22. The molecule has 2 heteroatoms. The van der Waals surface area contributed by atoms with Gasteiger partial charge in [-0.3, -0.25) is 0 Å². The van der Waals surface area contributed by atoms with E-state index in [-0.39, 0.29) is 0 Å². The Balaban J connectivity index is 1.67. The Morgan fingerprint density at radius 1 is 1.28 bits per heavy atom. The summed E-state index contributed by atoms with van der Waals surface area (Å²) in [6.45, 7) is 5.77. The van der Waals surface area contributed by atoms with Crippen molar-refractivity contribution in [2.45, 2.75) is 45.8 Å². The number of rotatable bonds is 8. The molecule has 0 unspecified atom stereocenters. The molecule has 0 amide bonds. The van der Waals surface area contributed by atoms with Crippen LogP contribution in [0.2, 0.25) is 0 Å². The Labute approximate surface area is 111 Å². The van der Waals surface area contributed by atoms with Gasteiger partial charge < -0.3 is 10.1 Å². The van der Waals surface area contributed by atoms with Crippen LogP contribution in [-0.2, 0) is 17.9 Å². The Morgan fingerprint density at radius 3 is 2.83 bits per heavy atom. The van der Waals surface area contributed by atoms with Gasteiger partial charge >= 0.3 is 0 Å². The van der Waals surface area contributed by atoms with Crippen LogP contribution in [0, 0.1) is 5.92 Å². The summed E-state index contributed by atoms with van der Waals surface area (Å²) in [5, 5.41) is 3.35. The van der Waals surface area contributed by atoms with Gasteiger partial charge in [0.2, 0.25) is 0 Å². The van der Waals surface area contributed by atoms with E-state index in [4.69, 9.17) is 4.74 Å². The zero-order valence-electron chi connectivity index (χ0n) is 11.5. The van der Waals surface area contributed by atoms with Crippen molar-refractivity contribution in [2.24, 2.45) is 5.92 Å². The van der Waals surface area contributed by atoms with Crippen LogP contribution in [0.5, 0.6) is 0 Å². The lowest BCUT2D eigenvalue weighted by molar-refractivity contribution is 0.0949. The average Bonchev–Trinajstić information content (AvgIpc) is 2.34. The van der Waals surface area contributed by atoms with E-state index >= 15 is 0 Å². The van der Waals surface area contributed by atoms with Crippen molar-refractivity contribution in [3.8, 4) is 0 Å². The molecular formula is C16H25NO. The summed E-state index contributed by atoms with van der Waals surface area (Å²) in [6, 6.07) is 8.68. The molecule has 2 rings (SSSR count). The lowest BCUT2D eigenvalue weighted by Gasteiger charge is -2.24. The first-order valence-corrected chi connectivity index (χ1v) is 7.24. The molecule has 1 saturated carbocycles. The SMILES string of the molecule is CCNCc1cccc(COCCC2CCC2)c1. The van der Waals surface area contributed by atoms with Crippen molar-refractivity contribution >= 4 is 0 Å². The lowest BCUT2D eigenvalue weighted by Crippen LogP contribution is -2.13. The number of nitrogens with one attached hydrogen (secondary N) is 1. The average molecular weight is 247 g/mol. The Bertz CT molecular complexity index is 347. The first-order valence-electron chi connectivity index (χ1n) is 7.24. The van der Waals surface area contributed by atoms with Crippen LogP contribution < -0.4 is 5.32 Å². The van der Waals surface area contributed by atoms with E-state index in [9.17, 15) is 0 Å². The zero-order chi connectivity index (χ0) is 12.6. The second kappa shape index (κ2) is 7.55. The molecule has 0 atom stereocenters. The summed E-state index contributed by atoms with van der Waals surface area (Å²) < 4.78 is 5.77. The summed E-state index contributed by atoms with van der Waals surface area (Å²) in [5.74, 6) is 0.949. The van der Waals surface area contributed by atoms with E-state index in [1.165, 1.54) is 36.8 Å². The Hall–Kier alpha value is -0.860. The number of hydrogen-bond donors (Lipinski definition) is 1. The fraction of sp³-hybridized carbons (Fsp3) is 0.625. The minimum atomic E-state index is 0.757. The highest BCUT2D eigenvalue weighted by atomic mass is 16.5. The standard InChI is InChI=1S/C16H25NO/c1-2-17-12-15-7-4-8-16(11-15)13-18-10-9-14-5-3-6-14/h4,7-8,11,14,17H,2-3,5-6,9-10,12-13H2,1H3. The molecule has 1 aromatic rings. The number of benzene rings is 1. The van der Waals surface area contributed by atoms with E-state index < -0.39 is 0 Å². The van der Waals surface area contributed by atoms with Gasteiger partial charge in [-0.15, -0.1) is 0 Å². The zero-order valence-corrected chi connectivity index (χ0v) is 11.5. The van der Waals surface area contributed by atoms with Gasteiger partial charge in [0.05, 0.1) is 6.61 Å². The quantitative estimate of drug-likeness (QED) is 0.710. The maximum absolute atomic E-state index is 5.77. The topological polar surface area (TPSA) is 21.3 Å². The molecule has 0 saturated heterocycles. The number of hydrogen-bond acceptors (Lipinski definition) is 2. The largest absolute Gasteiger partial charge is 0.377 e. The van der Waals surface area contributed by atoms with Gasteiger partial charge in [0.25, 0.3) is 0 Å². The highest BCUT2D eigenvalue weighted by Gasteiger charge is 2.16. The second-order valence-corrected chi connectivity index (χ2v) is 5.24. The van der Waals surface area contributed by atoms with Crippen LogP contribution in [0.3, 0.4) is 0 Å². The summed E-state index contributed by atoms with van der Waals surface area (Å²) in [7, 11) is 0. The molecule has 0 aliphatic heterocycles. The van der Waals surface area contributed by atoms with E-state index in [1.807, 2.05) is 0 Å². The maximum Gasteiger partial charge on any atom is 0.0716 e. The van der Waals surface area contributed by atoms with Gasteiger partial charge in [-0.25, -0.2) is 0 Å². The normalized spacial score (nSPS) is 15.6. The second-order valence-electron chi connectivity index (χ2n) is 5.24. The molecule has 1 aliphatic rings. The van der Waals surface area contributed by atoms with Gasteiger partial charge in [0.15, 0.2) is 0 Å². The summed E-state index contributed by atoms with van der Waals surface area (Å²) in [6.07, 6.45) is 5.51. The summed E-state index contributed by atoms with van der Waals surface area (Å²) in [4.78, 5) is 0. The minimum Gasteiger partial charge on any atom is -0.377 e. The van der Waals surface area contributed by atoms with Crippen molar-refractivity contribution in [1.82, 2.24) is 5.32 Å². The molecule has 1 aliphatic carbocycles. The van der Waals surface area contributed by atoms with Crippen LogP contribution in [0.15, 0.2) is 24.3 Å².